The molecule has 3 aliphatic rings. The highest BCUT2D eigenvalue weighted by Gasteiger charge is 2.52. The third kappa shape index (κ3) is 2.01. The molecule has 2 saturated carbocycles. The second-order valence-electron chi connectivity index (χ2n) is 7.69. The van der Waals surface area contributed by atoms with Gasteiger partial charge in [-0.1, -0.05) is 6.92 Å². The molecule has 1 aromatic rings. The summed E-state index contributed by atoms with van der Waals surface area (Å²) in [5, 5.41) is 9.94. The highest BCUT2D eigenvalue weighted by molar-refractivity contribution is 9.10. The van der Waals surface area contributed by atoms with Crippen LogP contribution < -0.4 is 0 Å². The van der Waals surface area contributed by atoms with Crippen LogP contribution in [0.5, 0.6) is 5.75 Å². The number of phenols is 1. The van der Waals surface area contributed by atoms with Gasteiger partial charge in [-0.3, -0.25) is 4.79 Å². The number of hydrogen-bond donors (Lipinski definition) is 1. The van der Waals surface area contributed by atoms with Crippen molar-refractivity contribution in [3.8, 4) is 5.75 Å². The van der Waals surface area contributed by atoms with Crippen molar-refractivity contribution in [2.75, 3.05) is 0 Å². The molecule has 0 unspecified atom stereocenters. The number of aryl methyl sites for hydroxylation is 1. The first-order valence-corrected chi connectivity index (χ1v) is 9.34. The third-order valence-electron chi connectivity index (χ3n) is 6.74. The molecule has 0 radical (unpaired) electrons. The van der Waals surface area contributed by atoms with Crippen LogP contribution in [0.2, 0.25) is 0 Å². The normalized spacial score (nSPS) is 37.2. The number of Topliss-reactive ketones (excluding diaryl/α,β-unsaturated/α-hetero) is 1. The van der Waals surface area contributed by atoms with E-state index >= 15 is 0 Å². The van der Waals surface area contributed by atoms with Gasteiger partial charge in [0.1, 0.15) is 11.5 Å². The molecule has 1 N–H and O–H groups in total. The minimum atomic E-state index is -0.0644. The van der Waals surface area contributed by atoms with Crippen molar-refractivity contribution < 1.29 is 9.90 Å². The molecule has 0 amide bonds. The van der Waals surface area contributed by atoms with E-state index in [0.29, 0.717) is 29.3 Å². The number of ketones is 1. The Bertz CT molecular complexity index is 639. The first-order chi connectivity index (χ1) is 10.5. The molecule has 0 saturated heterocycles. The van der Waals surface area contributed by atoms with Gasteiger partial charge < -0.3 is 5.11 Å². The van der Waals surface area contributed by atoms with Crippen LogP contribution in [0.25, 0.3) is 0 Å². The Morgan fingerprint density at radius 1 is 1.23 bits per heavy atom. The van der Waals surface area contributed by atoms with Crippen LogP contribution in [0.4, 0.5) is 0 Å². The molecule has 0 bridgehead atoms. The monoisotopic (exact) mass is 362 g/mol. The zero-order valence-electron chi connectivity index (χ0n) is 13.1. The number of benzene rings is 1. The van der Waals surface area contributed by atoms with Crippen molar-refractivity contribution in [2.24, 2.45) is 17.3 Å². The zero-order chi connectivity index (χ0) is 15.5. The molecular weight excluding hydrogens is 340 g/mol. The first kappa shape index (κ1) is 14.7. The van der Waals surface area contributed by atoms with E-state index in [1.165, 1.54) is 24.0 Å². The summed E-state index contributed by atoms with van der Waals surface area (Å²) in [5.41, 5.74) is 2.67. The zero-order valence-corrected chi connectivity index (χ0v) is 14.7. The highest BCUT2D eigenvalue weighted by Crippen LogP contribution is 2.58. The van der Waals surface area contributed by atoms with Crippen LogP contribution >= 0.6 is 15.9 Å². The quantitative estimate of drug-likeness (QED) is 0.707. The summed E-state index contributed by atoms with van der Waals surface area (Å²) in [6.07, 6.45) is 7.46. The lowest BCUT2D eigenvalue weighted by molar-refractivity contribution is -0.140. The van der Waals surface area contributed by atoms with Gasteiger partial charge in [0.25, 0.3) is 0 Å². The number of rotatable bonds is 0. The number of carbonyl (C=O) groups excluding carboxylic acids is 1. The fraction of sp³-hybridized carbons (Fsp3) is 0.632. The molecule has 118 valence electrons. The van der Waals surface area contributed by atoms with Crippen LogP contribution in [0.3, 0.4) is 0 Å². The number of hydrogen-bond acceptors (Lipinski definition) is 2. The molecule has 0 aromatic heterocycles. The maximum Gasteiger partial charge on any atom is 0.139 e. The van der Waals surface area contributed by atoms with Gasteiger partial charge in [0.2, 0.25) is 0 Å². The molecule has 22 heavy (non-hydrogen) atoms. The van der Waals surface area contributed by atoms with Crippen LogP contribution in [0.15, 0.2) is 16.6 Å². The lowest BCUT2D eigenvalue weighted by Gasteiger charge is -2.53. The van der Waals surface area contributed by atoms with Gasteiger partial charge in [-0.25, -0.2) is 0 Å². The predicted octanol–water partition coefficient (Wildman–Crippen LogP) is 4.97. The van der Waals surface area contributed by atoms with Gasteiger partial charge >= 0.3 is 0 Å². The summed E-state index contributed by atoms with van der Waals surface area (Å²) >= 11 is 3.48. The molecule has 0 aliphatic heterocycles. The topological polar surface area (TPSA) is 37.3 Å². The fourth-order valence-corrected chi connectivity index (χ4v) is 5.91. The van der Waals surface area contributed by atoms with E-state index in [1.54, 1.807) is 0 Å². The number of aromatic hydroxyl groups is 1. The summed E-state index contributed by atoms with van der Waals surface area (Å²) in [7, 11) is 0. The van der Waals surface area contributed by atoms with E-state index < -0.39 is 0 Å². The van der Waals surface area contributed by atoms with E-state index in [-0.39, 0.29) is 5.41 Å². The van der Waals surface area contributed by atoms with Gasteiger partial charge in [0.15, 0.2) is 0 Å². The average Bonchev–Trinajstić information content (AvgIpc) is 2.49. The fourth-order valence-electron chi connectivity index (χ4n) is 5.55. The molecule has 4 atom stereocenters. The molecule has 1 aromatic carbocycles. The van der Waals surface area contributed by atoms with Crippen molar-refractivity contribution >= 4 is 21.7 Å². The summed E-state index contributed by atoms with van der Waals surface area (Å²) in [4.78, 5) is 12.5. The molecular formula is C19H23BrO2. The van der Waals surface area contributed by atoms with Gasteiger partial charge in [-0.15, -0.1) is 0 Å². The minimum Gasteiger partial charge on any atom is -0.507 e. The van der Waals surface area contributed by atoms with E-state index in [1.807, 2.05) is 6.07 Å². The van der Waals surface area contributed by atoms with Crippen molar-refractivity contribution in [1.29, 1.82) is 0 Å². The van der Waals surface area contributed by atoms with Crippen LogP contribution in [-0.4, -0.2) is 10.9 Å². The van der Waals surface area contributed by atoms with Crippen LogP contribution in [0, 0.1) is 17.3 Å². The maximum atomic E-state index is 12.5. The maximum absolute atomic E-state index is 12.5. The van der Waals surface area contributed by atoms with E-state index in [9.17, 15) is 9.90 Å². The first-order valence-electron chi connectivity index (χ1n) is 8.55. The summed E-state index contributed by atoms with van der Waals surface area (Å²) < 4.78 is 0.806. The van der Waals surface area contributed by atoms with E-state index in [4.69, 9.17) is 0 Å². The minimum absolute atomic E-state index is 0.0644. The Morgan fingerprint density at radius 2 is 2.05 bits per heavy atom. The molecule has 3 heteroatoms. The van der Waals surface area contributed by atoms with Crippen molar-refractivity contribution in [3.05, 3.63) is 27.7 Å². The molecule has 2 fully saturated rings. The Labute approximate surface area is 140 Å². The van der Waals surface area contributed by atoms with Crippen molar-refractivity contribution in [1.82, 2.24) is 0 Å². The molecule has 2 nitrogen and oxygen atoms in total. The standard InChI is InChI=1S/C19H23BrO2/c1-19-8-7-12-13(15(19)3-2-4-18(19)22)6-5-11-9-17(21)16(20)10-14(11)12/h9-10,12-13,15,21H,2-8H2,1H3/t12-,13+,15-,19-/m0/s1. The average molecular weight is 363 g/mol. The Kier molecular flexibility index (Phi) is 3.41. The second-order valence-corrected chi connectivity index (χ2v) is 8.54. The Morgan fingerprint density at radius 3 is 2.86 bits per heavy atom. The van der Waals surface area contributed by atoms with E-state index in [0.717, 1.165) is 36.6 Å². The van der Waals surface area contributed by atoms with Crippen molar-refractivity contribution in [3.63, 3.8) is 0 Å². The Balaban J connectivity index is 1.73. The third-order valence-corrected chi connectivity index (χ3v) is 7.37. The lowest BCUT2D eigenvalue weighted by atomic mass is 9.50. The number of halogens is 1. The largest absolute Gasteiger partial charge is 0.507 e. The van der Waals surface area contributed by atoms with Gasteiger partial charge in [-0.05, 0) is 95.5 Å². The lowest BCUT2D eigenvalue weighted by Crippen LogP contribution is -2.49. The smallest absolute Gasteiger partial charge is 0.139 e. The number of phenolic OH excluding ortho intramolecular Hbond substituents is 1. The SMILES string of the molecule is C[C@]12CC[C@@H]3c4cc(Br)c(O)cc4CC[C@H]3[C@@H]1CCCC2=O. The molecule has 0 spiro atoms. The van der Waals surface area contributed by atoms with Crippen LogP contribution in [0.1, 0.15) is 62.5 Å². The summed E-state index contributed by atoms with van der Waals surface area (Å²) in [6.45, 7) is 2.23. The van der Waals surface area contributed by atoms with Crippen molar-refractivity contribution in [2.45, 2.75) is 57.8 Å². The van der Waals surface area contributed by atoms with Gasteiger partial charge in [-0.2, -0.15) is 0 Å². The number of carbonyl (C=O) groups is 1. The summed E-state index contributed by atoms with van der Waals surface area (Å²) in [6, 6.07) is 4.07. The van der Waals surface area contributed by atoms with Gasteiger partial charge in [0, 0.05) is 11.8 Å². The van der Waals surface area contributed by atoms with Crippen LogP contribution in [-0.2, 0) is 11.2 Å². The summed E-state index contributed by atoms with van der Waals surface area (Å²) in [5.74, 6) is 2.65. The molecule has 0 heterocycles. The molecule has 3 aliphatic carbocycles. The Hall–Kier alpha value is -0.830. The van der Waals surface area contributed by atoms with Gasteiger partial charge in [0.05, 0.1) is 4.47 Å². The van der Waals surface area contributed by atoms with E-state index in [2.05, 4.69) is 28.9 Å². The predicted molar refractivity (Wildman–Crippen MR) is 90.0 cm³/mol. The molecule has 4 rings (SSSR count). The highest BCUT2D eigenvalue weighted by atomic mass is 79.9. The second kappa shape index (κ2) is 5.09. The number of fused-ring (bicyclic) bond motifs is 5.